The number of benzene rings is 1. The molecule has 1 saturated carbocycles. The summed E-state index contributed by atoms with van der Waals surface area (Å²) in [6.45, 7) is 2.70. The summed E-state index contributed by atoms with van der Waals surface area (Å²) in [5, 5.41) is 1.54. The van der Waals surface area contributed by atoms with Crippen molar-refractivity contribution in [1.29, 1.82) is 0 Å². The predicted molar refractivity (Wildman–Crippen MR) is 93.3 cm³/mol. The van der Waals surface area contributed by atoms with E-state index in [4.69, 9.17) is 14.3 Å². The van der Waals surface area contributed by atoms with Gasteiger partial charge in [0, 0.05) is 5.92 Å². The lowest BCUT2D eigenvalue weighted by atomic mass is 9.80. The van der Waals surface area contributed by atoms with Gasteiger partial charge in [0.2, 0.25) is 6.41 Å². The maximum Gasteiger partial charge on any atom is 0.233 e. The molecule has 0 heterocycles. The summed E-state index contributed by atoms with van der Waals surface area (Å²) < 4.78 is 10.8. The van der Waals surface area contributed by atoms with E-state index in [-0.39, 0.29) is 12.0 Å². The van der Waals surface area contributed by atoms with Gasteiger partial charge in [-0.15, -0.1) is 0 Å². The Balaban J connectivity index is 2.20. The number of methoxy groups -OCH3 is 2. The molecule has 0 saturated heterocycles. The summed E-state index contributed by atoms with van der Waals surface area (Å²) in [5.41, 5.74) is 1.17. The average Bonchev–Trinajstić information content (AvgIpc) is 2.65. The minimum atomic E-state index is 0.0752. The molecule has 0 bridgehead atoms. The molecule has 1 aliphatic rings. The molecule has 0 radical (unpaired) electrons. The van der Waals surface area contributed by atoms with Crippen LogP contribution in [0, 0.1) is 0 Å². The van der Waals surface area contributed by atoms with E-state index in [1.165, 1.54) is 10.6 Å². The van der Waals surface area contributed by atoms with Crippen LogP contribution in [0.15, 0.2) is 18.2 Å². The second-order valence-corrected chi connectivity index (χ2v) is 6.22. The Morgan fingerprint density at radius 2 is 1.92 bits per heavy atom. The third-order valence-electron chi connectivity index (χ3n) is 4.73. The van der Waals surface area contributed by atoms with Crippen LogP contribution in [0.4, 0.5) is 0 Å². The SMILES string of the molecule is CCCCON(C=O)C1CCCCC1c1ccc(OC)c(OC)c1. The highest BCUT2D eigenvalue weighted by Gasteiger charge is 2.32. The van der Waals surface area contributed by atoms with Crippen molar-refractivity contribution in [2.45, 2.75) is 57.4 Å². The van der Waals surface area contributed by atoms with Gasteiger partial charge in [-0.3, -0.25) is 9.63 Å². The number of hydrogen-bond acceptors (Lipinski definition) is 4. The first-order valence-corrected chi connectivity index (χ1v) is 8.83. The van der Waals surface area contributed by atoms with E-state index in [0.717, 1.165) is 56.4 Å². The Hall–Kier alpha value is -1.75. The van der Waals surface area contributed by atoms with Crippen molar-refractivity contribution in [3.05, 3.63) is 23.8 Å². The summed E-state index contributed by atoms with van der Waals surface area (Å²) in [7, 11) is 3.28. The van der Waals surface area contributed by atoms with E-state index < -0.39 is 0 Å². The van der Waals surface area contributed by atoms with Gasteiger partial charge >= 0.3 is 0 Å². The molecule has 0 aromatic heterocycles. The number of nitrogens with zero attached hydrogens (tertiary/aromatic N) is 1. The van der Waals surface area contributed by atoms with E-state index in [0.29, 0.717) is 6.61 Å². The van der Waals surface area contributed by atoms with Crippen molar-refractivity contribution >= 4 is 6.41 Å². The van der Waals surface area contributed by atoms with Crippen LogP contribution in [0.3, 0.4) is 0 Å². The van der Waals surface area contributed by atoms with E-state index >= 15 is 0 Å². The smallest absolute Gasteiger partial charge is 0.233 e. The van der Waals surface area contributed by atoms with Gasteiger partial charge < -0.3 is 9.47 Å². The zero-order valence-corrected chi connectivity index (χ0v) is 15.0. The number of carbonyl (C=O) groups excluding carboxylic acids is 1. The first kappa shape index (κ1) is 18.6. The van der Waals surface area contributed by atoms with Crippen molar-refractivity contribution in [2.75, 3.05) is 20.8 Å². The summed E-state index contributed by atoms with van der Waals surface area (Å²) in [6, 6.07) is 6.10. The fourth-order valence-electron chi connectivity index (χ4n) is 3.41. The molecule has 0 N–H and O–H groups in total. The van der Waals surface area contributed by atoms with E-state index in [9.17, 15) is 4.79 Å². The van der Waals surface area contributed by atoms with Gasteiger partial charge in [-0.25, -0.2) is 5.06 Å². The van der Waals surface area contributed by atoms with Crippen LogP contribution in [0.2, 0.25) is 0 Å². The maximum absolute atomic E-state index is 11.6. The van der Waals surface area contributed by atoms with Crippen molar-refractivity contribution in [3.63, 3.8) is 0 Å². The molecule has 1 aromatic rings. The molecule has 1 amide bonds. The van der Waals surface area contributed by atoms with Crippen molar-refractivity contribution < 1.29 is 19.1 Å². The fraction of sp³-hybridized carbons (Fsp3) is 0.632. The highest BCUT2D eigenvalue weighted by atomic mass is 16.7. The number of hydrogen-bond donors (Lipinski definition) is 0. The number of carbonyl (C=O) groups is 1. The molecule has 1 aliphatic carbocycles. The van der Waals surface area contributed by atoms with Gasteiger partial charge in [0.1, 0.15) is 0 Å². The van der Waals surface area contributed by atoms with Crippen LogP contribution in [0.25, 0.3) is 0 Å². The van der Waals surface area contributed by atoms with Gasteiger partial charge in [-0.2, -0.15) is 0 Å². The minimum Gasteiger partial charge on any atom is -0.493 e. The standard InChI is InChI=1S/C19H29NO4/c1-4-5-12-24-20(14-21)17-9-7-6-8-16(17)15-10-11-18(22-2)19(13-15)23-3/h10-11,13-14,16-17H,4-9,12H2,1-3H3. The van der Waals surface area contributed by atoms with Crippen molar-refractivity contribution in [2.24, 2.45) is 0 Å². The van der Waals surface area contributed by atoms with Crippen molar-refractivity contribution in [3.8, 4) is 11.5 Å². The minimum absolute atomic E-state index is 0.0752. The number of hydroxylamine groups is 2. The second-order valence-electron chi connectivity index (χ2n) is 6.22. The molecule has 5 heteroatoms. The summed E-state index contributed by atoms with van der Waals surface area (Å²) in [6.07, 6.45) is 7.13. The van der Waals surface area contributed by atoms with Gasteiger partial charge in [0.15, 0.2) is 11.5 Å². The largest absolute Gasteiger partial charge is 0.493 e. The zero-order chi connectivity index (χ0) is 17.4. The second kappa shape index (κ2) is 9.52. The van der Waals surface area contributed by atoms with Crippen LogP contribution in [0.5, 0.6) is 11.5 Å². The number of rotatable bonds is 9. The van der Waals surface area contributed by atoms with E-state index in [1.807, 2.05) is 12.1 Å². The van der Waals surface area contributed by atoms with Crippen LogP contribution in [-0.4, -0.2) is 38.3 Å². The number of ether oxygens (including phenoxy) is 2. The molecule has 0 aliphatic heterocycles. The molecular formula is C19H29NO4. The Morgan fingerprint density at radius 3 is 2.58 bits per heavy atom. The quantitative estimate of drug-likeness (QED) is 0.390. The lowest BCUT2D eigenvalue weighted by molar-refractivity contribution is -0.193. The van der Waals surface area contributed by atoms with Gasteiger partial charge in [-0.05, 0) is 37.0 Å². The third-order valence-corrected chi connectivity index (χ3v) is 4.73. The van der Waals surface area contributed by atoms with Crippen LogP contribution in [0.1, 0.15) is 56.9 Å². The first-order chi connectivity index (χ1) is 11.7. The number of amides is 1. The summed E-state index contributed by atoms with van der Waals surface area (Å²) >= 11 is 0. The zero-order valence-electron chi connectivity index (χ0n) is 15.0. The summed E-state index contributed by atoms with van der Waals surface area (Å²) in [5.74, 6) is 1.70. The lowest BCUT2D eigenvalue weighted by Crippen LogP contribution is -2.40. The van der Waals surface area contributed by atoms with Crippen LogP contribution >= 0.6 is 0 Å². The van der Waals surface area contributed by atoms with Gasteiger partial charge in [0.25, 0.3) is 0 Å². The molecule has 2 rings (SSSR count). The molecule has 2 unspecified atom stereocenters. The molecular weight excluding hydrogens is 306 g/mol. The molecule has 1 aromatic carbocycles. The Morgan fingerprint density at radius 1 is 1.17 bits per heavy atom. The normalized spacial score (nSPS) is 20.5. The van der Waals surface area contributed by atoms with Gasteiger partial charge in [0.05, 0.1) is 26.9 Å². The van der Waals surface area contributed by atoms with E-state index in [1.54, 1.807) is 14.2 Å². The topological polar surface area (TPSA) is 48.0 Å². The monoisotopic (exact) mass is 335 g/mol. The van der Waals surface area contributed by atoms with Crippen LogP contribution < -0.4 is 9.47 Å². The fourth-order valence-corrected chi connectivity index (χ4v) is 3.41. The molecule has 0 spiro atoms. The Bertz CT molecular complexity index is 520. The predicted octanol–water partition coefficient (Wildman–Crippen LogP) is 3.92. The highest BCUT2D eigenvalue weighted by Crippen LogP contribution is 2.39. The lowest BCUT2D eigenvalue weighted by Gasteiger charge is -2.37. The van der Waals surface area contributed by atoms with Gasteiger partial charge in [-0.1, -0.05) is 32.3 Å². The molecule has 24 heavy (non-hydrogen) atoms. The third kappa shape index (κ3) is 4.41. The summed E-state index contributed by atoms with van der Waals surface area (Å²) in [4.78, 5) is 17.3. The Labute approximate surface area is 144 Å². The molecule has 2 atom stereocenters. The maximum atomic E-state index is 11.6. The first-order valence-electron chi connectivity index (χ1n) is 8.83. The van der Waals surface area contributed by atoms with Crippen LogP contribution in [-0.2, 0) is 9.63 Å². The molecule has 134 valence electrons. The molecule has 1 fully saturated rings. The Kier molecular flexibility index (Phi) is 7.37. The molecule has 5 nitrogen and oxygen atoms in total. The number of unbranched alkanes of at least 4 members (excludes halogenated alkanes) is 1. The average molecular weight is 335 g/mol. The van der Waals surface area contributed by atoms with E-state index in [2.05, 4.69) is 13.0 Å². The highest BCUT2D eigenvalue weighted by molar-refractivity contribution is 5.48. The van der Waals surface area contributed by atoms with Crippen molar-refractivity contribution in [1.82, 2.24) is 5.06 Å².